The smallest absolute Gasteiger partial charge is 0.0619 e. The Balaban J connectivity index is 1.58. The van der Waals surface area contributed by atoms with Crippen LogP contribution in [0.2, 0.25) is 0 Å². The van der Waals surface area contributed by atoms with E-state index in [-0.39, 0.29) is 0 Å². The number of fused-ring (bicyclic) bond motifs is 3. The van der Waals surface area contributed by atoms with Gasteiger partial charge in [-0.05, 0) is 115 Å². The van der Waals surface area contributed by atoms with Gasteiger partial charge in [-0.15, -0.1) is 0 Å². The quantitative estimate of drug-likeness (QED) is 0.171. The van der Waals surface area contributed by atoms with Crippen LogP contribution in [-0.4, -0.2) is 0 Å². The topological polar surface area (TPSA) is 6.48 Å². The van der Waals surface area contributed by atoms with Gasteiger partial charge in [0.1, 0.15) is 0 Å². The second-order valence-electron chi connectivity index (χ2n) is 13.0. The van der Waals surface area contributed by atoms with Gasteiger partial charge in [0.15, 0.2) is 0 Å². The van der Waals surface area contributed by atoms with Gasteiger partial charge in [-0.1, -0.05) is 103 Å². The molecule has 8 rings (SSSR count). The number of para-hydroxylation sites is 1. The van der Waals surface area contributed by atoms with Crippen molar-refractivity contribution in [3.05, 3.63) is 180 Å². The molecule has 8 aromatic rings. The van der Waals surface area contributed by atoms with Gasteiger partial charge in [-0.25, -0.2) is 0 Å². The van der Waals surface area contributed by atoms with Crippen LogP contribution in [0.1, 0.15) is 22.3 Å². The monoisotopic (exact) mass is 618 g/mol. The van der Waals surface area contributed by atoms with Gasteiger partial charge < -0.3 is 9.80 Å². The van der Waals surface area contributed by atoms with Crippen LogP contribution in [0.4, 0.5) is 34.1 Å². The number of nitrogens with zero attached hydrogens (tertiary/aromatic N) is 2. The van der Waals surface area contributed by atoms with Crippen molar-refractivity contribution in [2.24, 2.45) is 0 Å². The van der Waals surface area contributed by atoms with Crippen molar-refractivity contribution in [1.29, 1.82) is 0 Å². The van der Waals surface area contributed by atoms with Crippen LogP contribution >= 0.6 is 0 Å². The molecule has 48 heavy (non-hydrogen) atoms. The zero-order chi connectivity index (χ0) is 32.8. The van der Waals surface area contributed by atoms with Crippen molar-refractivity contribution in [1.82, 2.24) is 0 Å². The molecule has 0 amide bonds. The molecule has 0 fully saturated rings. The third kappa shape index (κ3) is 5.16. The molecule has 0 unspecified atom stereocenters. The van der Waals surface area contributed by atoms with Gasteiger partial charge in [-0.3, -0.25) is 0 Å². The lowest BCUT2D eigenvalue weighted by Gasteiger charge is -2.32. The van der Waals surface area contributed by atoms with Crippen LogP contribution in [0, 0.1) is 27.7 Å². The molecular weight excluding hydrogens is 581 g/mol. The Morgan fingerprint density at radius 2 is 0.750 bits per heavy atom. The Bertz CT molecular complexity index is 2430. The highest BCUT2D eigenvalue weighted by Gasteiger charge is 2.25. The highest BCUT2D eigenvalue weighted by molar-refractivity contribution is 6.23. The zero-order valence-corrected chi connectivity index (χ0v) is 27.9. The summed E-state index contributed by atoms with van der Waals surface area (Å²) in [5.74, 6) is 0. The molecule has 232 valence electrons. The molecule has 2 nitrogen and oxygen atoms in total. The first-order valence-corrected chi connectivity index (χ1v) is 16.7. The summed E-state index contributed by atoms with van der Waals surface area (Å²) >= 11 is 0. The highest BCUT2D eigenvalue weighted by atomic mass is 15.2. The first kappa shape index (κ1) is 29.5. The fourth-order valence-electron chi connectivity index (χ4n) is 7.22. The van der Waals surface area contributed by atoms with E-state index in [1.54, 1.807) is 0 Å². The fraction of sp³-hybridized carbons (Fsp3) is 0.0870. The molecule has 2 heteroatoms. The molecule has 0 spiro atoms. The summed E-state index contributed by atoms with van der Waals surface area (Å²) in [6, 6.07) is 57.9. The number of hydrogen-bond acceptors (Lipinski definition) is 2. The Labute approximate surface area is 283 Å². The van der Waals surface area contributed by atoms with Crippen LogP contribution in [0.15, 0.2) is 158 Å². The van der Waals surface area contributed by atoms with Gasteiger partial charge in [-0.2, -0.15) is 0 Å². The summed E-state index contributed by atoms with van der Waals surface area (Å²) < 4.78 is 0. The van der Waals surface area contributed by atoms with E-state index in [0.717, 1.165) is 17.1 Å². The molecule has 0 saturated heterocycles. The number of benzene rings is 8. The molecule has 0 saturated carbocycles. The summed E-state index contributed by atoms with van der Waals surface area (Å²) in [6.07, 6.45) is 0. The number of hydrogen-bond donors (Lipinski definition) is 0. The molecule has 0 bridgehead atoms. The van der Waals surface area contributed by atoms with E-state index in [4.69, 9.17) is 0 Å². The van der Waals surface area contributed by atoms with Crippen LogP contribution in [0.3, 0.4) is 0 Å². The van der Waals surface area contributed by atoms with E-state index in [0.29, 0.717) is 0 Å². The summed E-state index contributed by atoms with van der Waals surface area (Å²) in [7, 11) is 0. The van der Waals surface area contributed by atoms with Crippen LogP contribution in [-0.2, 0) is 0 Å². The first-order valence-electron chi connectivity index (χ1n) is 16.7. The SMILES string of the molecule is Cc1cccc(N(c2cccc(C)c2)c2c3ccccc3cc3c(N(c4cccc(C)c4)c4ccccc4C)c4ccccc4cc23)c1. The lowest BCUT2D eigenvalue weighted by atomic mass is 9.93. The standard InChI is InChI=1S/C46H38N2/c1-31-14-11-20-37(26-31)47(38-21-12-15-32(2)27-38)45-40-23-8-6-18-35(40)30-43-42(45)29-36-19-7-9-24-41(36)46(43)48(39-22-13-16-33(3)28-39)44-25-10-5-17-34(44)4/h5-30H,1-4H3. The molecule has 0 atom stereocenters. The average molecular weight is 619 g/mol. The van der Waals surface area contributed by atoms with Gasteiger partial charge in [0.2, 0.25) is 0 Å². The number of aryl methyl sites for hydroxylation is 4. The van der Waals surface area contributed by atoms with Crippen molar-refractivity contribution < 1.29 is 0 Å². The minimum Gasteiger partial charge on any atom is -0.309 e. The Morgan fingerprint density at radius 3 is 1.23 bits per heavy atom. The minimum atomic E-state index is 1.14. The van der Waals surface area contributed by atoms with Crippen molar-refractivity contribution in [2.45, 2.75) is 27.7 Å². The fourth-order valence-corrected chi connectivity index (χ4v) is 7.22. The van der Waals surface area contributed by atoms with Crippen molar-refractivity contribution in [3.63, 3.8) is 0 Å². The summed E-state index contributed by atoms with van der Waals surface area (Å²) in [4.78, 5) is 4.95. The van der Waals surface area contributed by atoms with Crippen LogP contribution < -0.4 is 9.80 Å². The molecular formula is C46H38N2. The van der Waals surface area contributed by atoms with Gasteiger partial charge >= 0.3 is 0 Å². The van der Waals surface area contributed by atoms with Crippen LogP contribution in [0.5, 0.6) is 0 Å². The third-order valence-corrected chi connectivity index (χ3v) is 9.42. The van der Waals surface area contributed by atoms with E-state index < -0.39 is 0 Å². The first-order chi connectivity index (χ1) is 23.5. The second kappa shape index (κ2) is 12.1. The molecule has 0 aliphatic rings. The highest BCUT2D eigenvalue weighted by Crippen LogP contribution is 2.51. The Morgan fingerprint density at radius 1 is 0.333 bits per heavy atom. The van der Waals surface area contributed by atoms with E-state index in [1.807, 2.05) is 0 Å². The summed E-state index contributed by atoms with van der Waals surface area (Å²) in [5, 5.41) is 7.25. The Hall–Kier alpha value is -5.86. The molecule has 0 N–H and O–H groups in total. The maximum Gasteiger partial charge on any atom is 0.0619 e. The average Bonchev–Trinajstić information content (AvgIpc) is 3.09. The molecule has 0 aromatic heterocycles. The molecule has 0 heterocycles. The van der Waals surface area contributed by atoms with Gasteiger partial charge in [0.05, 0.1) is 11.4 Å². The summed E-state index contributed by atoms with van der Waals surface area (Å²) in [5.41, 5.74) is 11.9. The largest absolute Gasteiger partial charge is 0.309 e. The maximum atomic E-state index is 2.48. The zero-order valence-electron chi connectivity index (χ0n) is 27.9. The minimum absolute atomic E-state index is 1.14. The summed E-state index contributed by atoms with van der Waals surface area (Å²) in [6.45, 7) is 8.73. The third-order valence-electron chi connectivity index (χ3n) is 9.42. The van der Waals surface area contributed by atoms with Crippen molar-refractivity contribution in [2.75, 3.05) is 9.80 Å². The molecule has 8 aromatic carbocycles. The normalized spacial score (nSPS) is 11.3. The lowest BCUT2D eigenvalue weighted by molar-refractivity contribution is 1.26. The number of anilines is 6. The van der Waals surface area contributed by atoms with E-state index in [9.17, 15) is 0 Å². The van der Waals surface area contributed by atoms with E-state index >= 15 is 0 Å². The Kier molecular flexibility index (Phi) is 7.42. The molecule has 0 radical (unpaired) electrons. The van der Waals surface area contributed by atoms with Crippen LogP contribution in [0.25, 0.3) is 32.3 Å². The maximum absolute atomic E-state index is 2.48. The van der Waals surface area contributed by atoms with Crippen molar-refractivity contribution in [3.8, 4) is 0 Å². The second-order valence-corrected chi connectivity index (χ2v) is 13.0. The van der Waals surface area contributed by atoms with Gasteiger partial charge in [0, 0.05) is 44.3 Å². The number of rotatable bonds is 6. The van der Waals surface area contributed by atoms with E-state index in [2.05, 4.69) is 195 Å². The molecule has 0 aliphatic heterocycles. The predicted octanol–water partition coefficient (Wildman–Crippen LogP) is 13.3. The lowest BCUT2D eigenvalue weighted by Crippen LogP contribution is -2.14. The van der Waals surface area contributed by atoms with E-state index in [1.165, 1.54) is 71.6 Å². The van der Waals surface area contributed by atoms with Gasteiger partial charge in [0.25, 0.3) is 0 Å². The molecule has 0 aliphatic carbocycles. The van der Waals surface area contributed by atoms with Crippen molar-refractivity contribution >= 4 is 66.4 Å². The predicted molar refractivity (Wildman–Crippen MR) is 207 cm³/mol.